The van der Waals surface area contributed by atoms with Crippen molar-refractivity contribution in [2.75, 3.05) is 0 Å². The van der Waals surface area contributed by atoms with Gasteiger partial charge in [-0.15, -0.1) is 11.6 Å². The van der Waals surface area contributed by atoms with Crippen LogP contribution in [-0.2, 0) is 9.59 Å². The summed E-state index contributed by atoms with van der Waals surface area (Å²) in [5.74, 6) is 0.255. The van der Waals surface area contributed by atoms with Crippen LogP contribution < -0.4 is 0 Å². The Morgan fingerprint density at radius 1 is 1.50 bits per heavy atom. The average Bonchev–Trinajstić information content (AvgIpc) is 2.17. The lowest BCUT2D eigenvalue weighted by Gasteiger charge is -2.11. The van der Waals surface area contributed by atoms with Crippen molar-refractivity contribution in [3.63, 3.8) is 0 Å². The van der Waals surface area contributed by atoms with Crippen LogP contribution in [0.25, 0.3) is 0 Å². The lowest BCUT2D eigenvalue weighted by molar-refractivity contribution is -0.113. The van der Waals surface area contributed by atoms with Crippen molar-refractivity contribution in [3.05, 3.63) is 0 Å². The SMILES string of the molecule is CCC(C)(Cl)C(=O)Cl.CCC(C)C=O. The molecule has 0 fully saturated rings. The predicted octanol–water partition coefficient (Wildman–Crippen LogP) is 3.39. The molecule has 0 N–H and O–H groups in total. The molecule has 0 amide bonds. The first kappa shape index (κ1) is 16.4. The minimum Gasteiger partial charge on any atom is -0.303 e. The second-order valence-electron chi connectivity index (χ2n) is 3.35. The van der Waals surface area contributed by atoms with Gasteiger partial charge in [-0.1, -0.05) is 20.8 Å². The van der Waals surface area contributed by atoms with Crippen LogP contribution in [0, 0.1) is 5.92 Å². The number of hydrogen-bond donors (Lipinski definition) is 0. The smallest absolute Gasteiger partial charge is 0.242 e. The van der Waals surface area contributed by atoms with Gasteiger partial charge in [-0.2, -0.15) is 0 Å². The molecule has 0 radical (unpaired) electrons. The Bertz CT molecular complexity index is 179. The van der Waals surface area contributed by atoms with Gasteiger partial charge in [0.05, 0.1) is 0 Å². The molecule has 0 heterocycles. The van der Waals surface area contributed by atoms with Crippen LogP contribution in [0.3, 0.4) is 0 Å². The number of alkyl halides is 1. The molecule has 0 aliphatic rings. The Balaban J connectivity index is 0. The van der Waals surface area contributed by atoms with Gasteiger partial charge in [0.2, 0.25) is 5.24 Å². The third kappa shape index (κ3) is 8.52. The predicted molar refractivity (Wildman–Crippen MR) is 60.9 cm³/mol. The maximum atomic E-state index is 10.3. The number of hydrogen-bond acceptors (Lipinski definition) is 2. The molecule has 4 heteroatoms. The topological polar surface area (TPSA) is 34.1 Å². The summed E-state index contributed by atoms with van der Waals surface area (Å²) >= 11 is 10.7. The van der Waals surface area contributed by atoms with Gasteiger partial charge in [0.25, 0.3) is 0 Å². The largest absolute Gasteiger partial charge is 0.303 e. The summed E-state index contributed by atoms with van der Waals surface area (Å²) in [5.41, 5.74) is 0. The van der Waals surface area contributed by atoms with Crippen LogP contribution in [-0.4, -0.2) is 16.4 Å². The van der Waals surface area contributed by atoms with E-state index in [1.54, 1.807) is 6.92 Å². The molecule has 2 nitrogen and oxygen atoms in total. The first-order chi connectivity index (χ1) is 6.31. The van der Waals surface area contributed by atoms with E-state index in [4.69, 9.17) is 23.2 Å². The zero-order chi connectivity index (χ0) is 11.8. The van der Waals surface area contributed by atoms with Gasteiger partial charge in [0, 0.05) is 5.92 Å². The maximum absolute atomic E-state index is 10.3. The van der Waals surface area contributed by atoms with Crippen molar-refractivity contribution in [3.8, 4) is 0 Å². The van der Waals surface area contributed by atoms with Crippen LogP contribution in [0.15, 0.2) is 0 Å². The van der Waals surface area contributed by atoms with E-state index in [2.05, 4.69) is 0 Å². The lowest BCUT2D eigenvalue weighted by Crippen LogP contribution is -2.22. The molecule has 0 aromatic carbocycles. The molecule has 0 aliphatic carbocycles. The van der Waals surface area contributed by atoms with Crippen LogP contribution in [0.4, 0.5) is 0 Å². The summed E-state index contributed by atoms with van der Waals surface area (Å²) in [4.78, 5) is 19.2. The molecule has 2 atom stereocenters. The van der Waals surface area contributed by atoms with E-state index < -0.39 is 10.1 Å². The van der Waals surface area contributed by atoms with Crippen LogP contribution in [0.1, 0.15) is 40.5 Å². The molecule has 0 aromatic rings. The quantitative estimate of drug-likeness (QED) is 0.429. The minimum atomic E-state index is -0.860. The summed E-state index contributed by atoms with van der Waals surface area (Å²) in [5, 5.41) is -0.485. The van der Waals surface area contributed by atoms with E-state index in [1.807, 2.05) is 20.8 Å². The number of aldehydes is 1. The Hall–Kier alpha value is -0.0800. The van der Waals surface area contributed by atoms with Gasteiger partial charge >= 0.3 is 0 Å². The number of carbonyl (C=O) groups excluding carboxylic acids is 2. The molecule has 0 saturated carbocycles. The van der Waals surface area contributed by atoms with Gasteiger partial charge in [0.15, 0.2) is 0 Å². The van der Waals surface area contributed by atoms with Gasteiger partial charge < -0.3 is 4.79 Å². The molecule has 0 aromatic heterocycles. The van der Waals surface area contributed by atoms with Gasteiger partial charge in [0.1, 0.15) is 11.2 Å². The van der Waals surface area contributed by atoms with E-state index in [-0.39, 0.29) is 5.92 Å². The molecular formula is C10H18Cl2O2. The lowest BCUT2D eigenvalue weighted by atomic mass is 10.1. The highest BCUT2D eigenvalue weighted by Gasteiger charge is 2.25. The zero-order valence-corrected chi connectivity index (χ0v) is 10.7. The fourth-order valence-electron chi connectivity index (χ4n) is 0.235. The molecular weight excluding hydrogens is 223 g/mol. The zero-order valence-electron chi connectivity index (χ0n) is 9.14. The van der Waals surface area contributed by atoms with Gasteiger partial charge in [-0.05, 0) is 31.4 Å². The maximum Gasteiger partial charge on any atom is 0.242 e. The summed E-state index contributed by atoms with van der Waals surface area (Å²) < 4.78 is 0. The highest BCUT2D eigenvalue weighted by atomic mass is 35.5. The molecule has 0 bridgehead atoms. The fourth-order valence-corrected chi connectivity index (χ4v) is 0.369. The van der Waals surface area contributed by atoms with Crippen molar-refractivity contribution in [2.24, 2.45) is 5.92 Å². The second-order valence-corrected chi connectivity index (χ2v) is 4.52. The first-order valence-electron chi connectivity index (χ1n) is 4.65. The van der Waals surface area contributed by atoms with E-state index in [9.17, 15) is 9.59 Å². The molecule has 2 unspecified atom stereocenters. The average molecular weight is 241 g/mol. The minimum absolute atomic E-state index is 0.255. The summed E-state index contributed by atoms with van der Waals surface area (Å²) in [6, 6.07) is 0. The molecule has 0 rings (SSSR count). The normalized spacial score (nSPS) is 15.9. The van der Waals surface area contributed by atoms with Crippen molar-refractivity contribution in [1.82, 2.24) is 0 Å². The fraction of sp³-hybridized carbons (Fsp3) is 0.800. The van der Waals surface area contributed by atoms with Gasteiger partial charge in [-0.3, -0.25) is 4.79 Å². The molecule has 14 heavy (non-hydrogen) atoms. The molecule has 84 valence electrons. The summed E-state index contributed by atoms with van der Waals surface area (Å²) in [6.07, 6.45) is 2.50. The number of halogens is 2. The van der Waals surface area contributed by atoms with E-state index in [0.29, 0.717) is 6.42 Å². The second kappa shape index (κ2) is 8.25. The van der Waals surface area contributed by atoms with Crippen molar-refractivity contribution in [2.45, 2.75) is 45.4 Å². The van der Waals surface area contributed by atoms with Crippen molar-refractivity contribution >= 4 is 34.7 Å². The summed E-state index contributed by atoms with van der Waals surface area (Å²) in [6.45, 7) is 7.32. The van der Waals surface area contributed by atoms with Crippen LogP contribution >= 0.6 is 23.2 Å². The third-order valence-electron chi connectivity index (χ3n) is 1.95. The highest BCUT2D eigenvalue weighted by Crippen LogP contribution is 2.21. The Morgan fingerprint density at radius 2 is 1.93 bits per heavy atom. The standard InChI is InChI=1S/C5H8Cl2O.C5H10O/c1-3-5(2,7)4(6)8;1-3-5(2)4-6/h3H2,1-2H3;4-5H,3H2,1-2H3. The molecule has 0 spiro atoms. The highest BCUT2D eigenvalue weighted by molar-refractivity contribution is 6.70. The number of rotatable bonds is 4. The van der Waals surface area contributed by atoms with E-state index >= 15 is 0 Å². The number of carbonyl (C=O) groups is 2. The van der Waals surface area contributed by atoms with Crippen molar-refractivity contribution < 1.29 is 9.59 Å². The van der Waals surface area contributed by atoms with Crippen LogP contribution in [0.2, 0.25) is 0 Å². The molecule has 0 aliphatic heterocycles. The monoisotopic (exact) mass is 240 g/mol. The first-order valence-corrected chi connectivity index (χ1v) is 5.41. The summed E-state index contributed by atoms with van der Waals surface area (Å²) in [7, 11) is 0. The van der Waals surface area contributed by atoms with Crippen molar-refractivity contribution in [1.29, 1.82) is 0 Å². The Morgan fingerprint density at radius 3 is 1.93 bits per heavy atom. The Labute approximate surface area is 96.0 Å². The molecule has 0 saturated heterocycles. The van der Waals surface area contributed by atoms with Crippen LogP contribution in [0.5, 0.6) is 0 Å². The third-order valence-corrected chi connectivity index (χ3v) is 2.90. The van der Waals surface area contributed by atoms with E-state index in [0.717, 1.165) is 12.7 Å². The van der Waals surface area contributed by atoms with Gasteiger partial charge in [-0.25, -0.2) is 0 Å². The Kier molecular flexibility index (Phi) is 9.63. The van der Waals surface area contributed by atoms with E-state index in [1.165, 1.54) is 0 Å².